The number of aromatic nitrogens is 2. The van der Waals surface area contributed by atoms with Crippen molar-refractivity contribution in [1.29, 1.82) is 0 Å². The quantitative estimate of drug-likeness (QED) is 0.924. The minimum Gasteiger partial charge on any atom is -0.351 e. The monoisotopic (exact) mass is 326 g/mol. The smallest absolute Gasteiger partial charge is 0.282 e. The molecule has 0 saturated carbocycles. The Bertz CT molecular complexity index is 575. The zero-order valence-corrected chi connectivity index (χ0v) is 13.8. The van der Waals surface area contributed by atoms with Gasteiger partial charge in [0.15, 0.2) is 0 Å². The Hall–Kier alpha value is -1.50. The lowest BCUT2D eigenvalue weighted by Gasteiger charge is -2.37. The van der Waals surface area contributed by atoms with Crippen molar-refractivity contribution < 1.29 is 13.6 Å². The first-order chi connectivity index (χ1) is 10.9. The molecule has 3 unspecified atom stereocenters. The van der Waals surface area contributed by atoms with Gasteiger partial charge in [-0.1, -0.05) is 0 Å². The Labute approximate surface area is 135 Å². The van der Waals surface area contributed by atoms with Crippen molar-refractivity contribution in [3.63, 3.8) is 0 Å². The molecule has 0 radical (unpaired) electrons. The summed E-state index contributed by atoms with van der Waals surface area (Å²) in [5.41, 5.74) is 0.297. The zero-order valence-electron chi connectivity index (χ0n) is 13.8. The van der Waals surface area contributed by atoms with Crippen LogP contribution in [0.5, 0.6) is 0 Å². The summed E-state index contributed by atoms with van der Waals surface area (Å²) in [6, 6.07) is 2.02. The van der Waals surface area contributed by atoms with E-state index in [1.165, 1.54) is 23.6 Å². The van der Waals surface area contributed by atoms with E-state index in [1.54, 1.807) is 13.8 Å². The van der Waals surface area contributed by atoms with Gasteiger partial charge in [-0.25, -0.2) is 8.78 Å². The maximum Gasteiger partial charge on any atom is 0.282 e. The van der Waals surface area contributed by atoms with Crippen LogP contribution in [0.3, 0.4) is 0 Å². The number of nitrogens with one attached hydrogen (secondary N) is 1. The summed E-state index contributed by atoms with van der Waals surface area (Å²) < 4.78 is 26.9. The predicted octanol–water partition coefficient (Wildman–Crippen LogP) is 2.43. The van der Waals surface area contributed by atoms with Gasteiger partial charge in [0.2, 0.25) is 5.91 Å². The number of hydrogen-bond acceptors (Lipinski definition) is 3. The normalized spacial score (nSPS) is 29.0. The molecule has 1 aromatic rings. The number of halogens is 2. The second-order valence-electron chi connectivity index (χ2n) is 6.86. The number of piperidine rings is 1. The van der Waals surface area contributed by atoms with E-state index in [0.29, 0.717) is 17.8 Å². The largest absolute Gasteiger partial charge is 0.351 e. The molecule has 2 aliphatic rings. The first-order valence-corrected chi connectivity index (χ1v) is 8.23. The molecule has 0 aromatic carbocycles. The van der Waals surface area contributed by atoms with E-state index in [9.17, 15) is 13.6 Å². The minimum absolute atomic E-state index is 0.147. The summed E-state index contributed by atoms with van der Waals surface area (Å²) in [6.07, 6.45) is 1.70. The number of rotatable bonds is 4. The van der Waals surface area contributed by atoms with E-state index >= 15 is 0 Å². The van der Waals surface area contributed by atoms with Crippen LogP contribution < -0.4 is 5.32 Å². The molecule has 3 atom stereocenters. The lowest BCUT2D eigenvalue weighted by atomic mass is 9.98. The van der Waals surface area contributed by atoms with Gasteiger partial charge in [-0.2, -0.15) is 5.10 Å². The summed E-state index contributed by atoms with van der Waals surface area (Å²) in [7, 11) is 2.15. The van der Waals surface area contributed by atoms with E-state index in [-0.39, 0.29) is 17.6 Å². The van der Waals surface area contributed by atoms with Crippen LogP contribution in [0.15, 0.2) is 6.07 Å². The molecule has 0 spiro atoms. The molecule has 2 bridgehead atoms. The Balaban J connectivity index is 1.64. The molecule has 1 amide bonds. The summed E-state index contributed by atoms with van der Waals surface area (Å²) in [6.45, 7) is 3.40. The maximum atomic E-state index is 12.7. The van der Waals surface area contributed by atoms with Gasteiger partial charge < -0.3 is 10.2 Å². The minimum atomic E-state index is -2.62. The second kappa shape index (κ2) is 6.19. The fraction of sp³-hybridized carbons (Fsp3) is 0.750. The van der Waals surface area contributed by atoms with E-state index in [2.05, 4.69) is 22.4 Å². The molecule has 1 N–H and O–H groups in total. The van der Waals surface area contributed by atoms with Crippen molar-refractivity contribution in [2.45, 2.75) is 70.1 Å². The van der Waals surface area contributed by atoms with Gasteiger partial charge in [0.1, 0.15) is 11.7 Å². The van der Waals surface area contributed by atoms with Crippen LogP contribution in [-0.4, -0.2) is 45.8 Å². The molecule has 5 nitrogen and oxygen atoms in total. The highest BCUT2D eigenvalue weighted by molar-refractivity contribution is 5.80. The third-order valence-corrected chi connectivity index (χ3v) is 5.36. The van der Waals surface area contributed by atoms with Gasteiger partial charge in [0, 0.05) is 23.8 Å². The van der Waals surface area contributed by atoms with Crippen molar-refractivity contribution in [2.75, 3.05) is 7.05 Å². The number of carbonyl (C=O) groups excluding carboxylic acids is 1. The van der Waals surface area contributed by atoms with Crippen molar-refractivity contribution >= 4 is 5.91 Å². The van der Waals surface area contributed by atoms with Gasteiger partial charge in [0.25, 0.3) is 6.43 Å². The molecule has 3 rings (SSSR count). The number of fused-ring (bicyclic) bond motifs is 2. The average Bonchev–Trinajstić information content (AvgIpc) is 2.95. The first-order valence-electron chi connectivity index (χ1n) is 8.23. The molecule has 2 fully saturated rings. The number of hydrogen-bond donors (Lipinski definition) is 1. The van der Waals surface area contributed by atoms with E-state index in [1.807, 2.05) is 0 Å². The fourth-order valence-electron chi connectivity index (χ4n) is 3.97. The van der Waals surface area contributed by atoms with E-state index in [0.717, 1.165) is 12.8 Å². The van der Waals surface area contributed by atoms with Crippen LogP contribution >= 0.6 is 0 Å². The standard InChI is InChI=1S/C16H24F2N4O/c1-9-6-14(15(17)18)20-22(9)10(2)16(23)19-11-7-12-4-5-13(8-11)21(12)3/h6,10-13,15H,4-5,7-8H2,1-3H3,(H,19,23). The predicted molar refractivity (Wildman–Crippen MR) is 82.4 cm³/mol. The summed E-state index contributed by atoms with van der Waals surface area (Å²) in [4.78, 5) is 14.9. The lowest BCUT2D eigenvalue weighted by molar-refractivity contribution is -0.125. The SMILES string of the molecule is Cc1cc(C(F)F)nn1C(C)C(=O)NC1CC2CCC(C1)N2C. The number of carbonyl (C=O) groups is 1. The van der Waals surface area contributed by atoms with Crippen molar-refractivity contribution in [1.82, 2.24) is 20.0 Å². The summed E-state index contributed by atoms with van der Waals surface area (Å²) in [5.74, 6) is -0.147. The number of amides is 1. The molecular weight excluding hydrogens is 302 g/mol. The summed E-state index contributed by atoms with van der Waals surface area (Å²) in [5, 5.41) is 6.97. The van der Waals surface area contributed by atoms with Crippen LogP contribution in [-0.2, 0) is 4.79 Å². The third kappa shape index (κ3) is 3.11. The Morgan fingerprint density at radius 2 is 1.96 bits per heavy atom. The van der Waals surface area contributed by atoms with Crippen LogP contribution in [0.4, 0.5) is 8.78 Å². The van der Waals surface area contributed by atoms with Gasteiger partial charge in [-0.3, -0.25) is 9.48 Å². The highest BCUT2D eigenvalue weighted by Crippen LogP contribution is 2.34. The molecule has 2 saturated heterocycles. The Morgan fingerprint density at radius 1 is 1.35 bits per heavy atom. The van der Waals surface area contributed by atoms with E-state index in [4.69, 9.17) is 0 Å². The van der Waals surface area contributed by atoms with Gasteiger partial charge >= 0.3 is 0 Å². The molecule has 0 aliphatic carbocycles. The zero-order chi connectivity index (χ0) is 16.7. The van der Waals surface area contributed by atoms with Crippen molar-refractivity contribution in [3.8, 4) is 0 Å². The van der Waals surface area contributed by atoms with Crippen molar-refractivity contribution in [3.05, 3.63) is 17.5 Å². The van der Waals surface area contributed by atoms with Gasteiger partial charge in [-0.15, -0.1) is 0 Å². The molecular formula is C16H24F2N4O. The third-order valence-electron chi connectivity index (χ3n) is 5.36. The van der Waals surface area contributed by atoms with Crippen LogP contribution in [0.25, 0.3) is 0 Å². The molecule has 1 aromatic heterocycles. The van der Waals surface area contributed by atoms with Crippen LogP contribution in [0.2, 0.25) is 0 Å². The second-order valence-corrected chi connectivity index (χ2v) is 6.86. The van der Waals surface area contributed by atoms with Crippen molar-refractivity contribution in [2.24, 2.45) is 0 Å². The lowest BCUT2D eigenvalue weighted by Crippen LogP contribution is -2.49. The molecule has 7 heteroatoms. The summed E-state index contributed by atoms with van der Waals surface area (Å²) >= 11 is 0. The topological polar surface area (TPSA) is 50.2 Å². The van der Waals surface area contributed by atoms with Gasteiger partial charge in [-0.05, 0) is 52.6 Å². The van der Waals surface area contributed by atoms with E-state index < -0.39 is 12.5 Å². The fourth-order valence-corrected chi connectivity index (χ4v) is 3.97. The average molecular weight is 326 g/mol. The molecule has 128 valence electrons. The Kier molecular flexibility index (Phi) is 4.40. The first kappa shape index (κ1) is 16.4. The van der Waals surface area contributed by atoms with Gasteiger partial charge in [0.05, 0.1) is 0 Å². The molecule has 2 aliphatic heterocycles. The number of aryl methyl sites for hydroxylation is 1. The molecule has 3 heterocycles. The van der Waals surface area contributed by atoms with Crippen LogP contribution in [0, 0.1) is 6.92 Å². The maximum absolute atomic E-state index is 12.7. The highest BCUT2D eigenvalue weighted by atomic mass is 19.3. The molecule has 23 heavy (non-hydrogen) atoms. The van der Waals surface area contributed by atoms with Crippen LogP contribution in [0.1, 0.15) is 56.5 Å². The number of nitrogens with zero attached hydrogens (tertiary/aromatic N) is 3. The number of alkyl halides is 2. The highest BCUT2D eigenvalue weighted by Gasteiger charge is 2.39. The Morgan fingerprint density at radius 3 is 2.48 bits per heavy atom.